The molecule has 7 nitrogen and oxygen atoms in total. The molecule has 0 spiro atoms. The van der Waals surface area contributed by atoms with Crippen LogP contribution in [0.1, 0.15) is 18.2 Å². The summed E-state index contributed by atoms with van der Waals surface area (Å²) in [5, 5.41) is 0. The van der Waals surface area contributed by atoms with Gasteiger partial charge in [-0.15, -0.1) is 0 Å². The van der Waals surface area contributed by atoms with Gasteiger partial charge in [0.1, 0.15) is 12.7 Å². The van der Waals surface area contributed by atoms with E-state index in [-0.39, 0.29) is 23.1 Å². The molecule has 1 aliphatic heterocycles. The number of ether oxygens (including phenoxy) is 1. The zero-order valence-electron chi connectivity index (χ0n) is 13.4. The summed E-state index contributed by atoms with van der Waals surface area (Å²) in [7, 11) is -3.85. The average molecular weight is 350 g/mol. The van der Waals surface area contributed by atoms with E-state index in [2.05, 4.69) is 4.98 Å². The zero-order valence-corrected chi connectivity index (χ0v) is 14.2. The van der Waals surface area contributed by atoms with Crippen LogP contribution in [0, 0.1) is 6.92 Å². The third kappa shape index (κ3) is 3.34. The molecule has 0 N–H and O–H groups in total. The molecule has 8 heteroatoms. The summed E-state index contributed by atoms with van der Waals surface area (Å²) in [6.07, 6.45) is 0.147. The molecular weight excluding hydrogens is 332 g/mol. The fraction of sp³-hybridized carbons (Fsp3) is 0.375. The Morgan fingerprint density at radius 3 is 2.71 bits per heavy atom. The quantitative estimate of drug-likeness (QED) is 0.755. The second-order valence-electron chi connectivity index (χ2n) is 5.62. The molecule has 1 atom stereocenters. The van der Waals surface area contributed by atoms with Crippen LogP contribution in [0.3, 0.4) is 0 Å². The highest BCUT2D eigenvalue weighted by Gasteiger charge is 2.28. The van der Waals surface area contributed by atoms with Crippen LogP contribution in [0.2, 0.25) is 0 Å². The molecule has 0 fully saturated rings. The third-order valence-electron chi connectivity index (χ3n) is 3.81. The number of rotatable bonds is 5. The smallest absolute Gasteiger partial charge is 0.300 e. The molecule has 1 aliphatic rings. The molecule has 0 saturated heterocycles. The van der Waals surface area contributed by atoms with E-state index in [4.69, 9.17) is 8.92 Å². The van der Waals surface area contributed by atoms with Gasteiger partial charge in [-0.25, -0.2) is 0 Å². The molecule has 3 rings (SSSR count). The van der Waals surface area contributed by atoms with Gasteiger partial charge >= 0.3 is 0 Å². The monoisotopic (exact) mass is 350 g/mol. The number of hydrogen-bond donors (Lipinski definition) is 0. The van der Waals surface area contributed by atoms with Crippen LogP contribution < -0.4 is 10.3 Å². The highest BCUT2D eigenvalue weighted by atomic mass is 32.2. The van der Waals surface area contributed by atoms with Crippen LogP contribution in [0.15, 0.2) is 40.0 Å². The Bertz CT molecular complexity index is 903. The molecule has 0 aliphatic carbocycles. The number of benzene rings is 1. The maximum Gasteiger partial charge on any atom is 0.300 e. The highest BCUT2D eigenvalue weighted by molar-refractivity contribution is 7.86. The maximum atomic E-state index is 12.2. The van der Waals surface area contributed by atoms with E-state index in [1.54, 1.807) is 16.7 Å². The summed E-state index contributed by atoms with van der Waals surface area (Å²) >= 11 is 0. The molecule has 128 valence electrons. The summed E-state index contributed by atoms with van der Waals surface area (Å²) in [5.41, 5.74) is 1.40. The Balaban J connectivity index is 1.70. The largest absolute Gasteiger partial charge is 0.457 e. The van der Waals surface area contributed by atoms with Crippen LogP contribution in [-0.4, -0.2) is 30.7 Å². The van der Waals surface area contributed by atoms with Gasteiger partial charge in [0, 0.05) is 11.8 Å². The Kier molecular flexibility index (Phi) is 4.42. The second kappa shape index (κ2) is 6.37. The van der Waals surface area contributed by atoms with Crippen LogP contribution >= 0.6 is 0 Å². The summed E-state index contributed by atoms with van der Waals surface area (Å²) in [6.45, 7) is 4.06. The molecule has 1 unspecified atom stereocenters. The SMILES string of the molecule is CCc1cc(=O)nc2n1CC(COS(=O)(=O)c1ccc(C)cc1)O2. The fourth-order valence-electron chi connectivity index (χ4n) is 2.52. The average Bonchev–Trinajstić information content (AvgIpc) is 2.95. The topological polar surface area (TPSA) is 87.5 Å². The van der Waals surface area contributed by atoms with Crippen LogP contribution in [-0.2, 0) is 27.3 Å². The second-order valence-corrected chi connectivity index (χ2v) is 7.24. The van der Waals surface area contributed by atoms with Gasteiger partial charge in [0.05, 0.1) is 11.4 Å². The molecule has 2 heterocycles. The first-order valence-corrected chi connectivity index (χ1v) is 9.03. The first-order valence-electron chi connectivity index (χ1n) is 7.62. The van der Waals surface area contributed by atoms with E-state index >= 15 is 0 Å². The lowest BCUT2D eigenvalue weighted by atomic mass is 10.2. The lowest BCUT2D eigenvalue weighted by Crippen LogP contribution is -2.24. The number of nitrogens with zero attached hydrogens (tertiary/aromatic N) is 2. The fourth-order valence-corrected chi connectivity index (χ4v) is 3.46. The number of fused-ring (bicyclic) bond motifs is 1. The highest BCUT2D eigenvalue weighted by Crippen LogP contribution is 2.21. The van der Waals surface area contributed by atoms with Crippen molar-refractivity contribution in [2.45, 2.75) is 37.8 Å². The predicted octanol–water partition coefficient (Wildman–Crippen LogP) is 1.28. The predicted molar refractivity (Wildman–Crippen MR) is 86.6 cm³/mol. The maximum absolute atomic E-state index is 12.2. The summed E-state index contributed by atoms with van der Waals surface area (Å²) < 4.78 is 36.8. The lowest BCUT2D eigenvalue weighted by molar-refractivity contribution is 0.147. The van der Waals surface area contributed by atoms with Crippen molar-refractivity contribution in [3.05, 3.63) is 51.9 Å². The summed E-state index contributed by atoms with van der Waals surface area (Å²) in [5.74, 6) is 0. The number of aromatic nitrogens is 2. The van der Waals surface area contributed by atoms with Gasteiger partial charge in [0.2, 0.25) is 0 Å². The molecule has 0 amide bonds. The Morgan fingerprint density at radius 1 is 1.33 bits per heavy atom. The Hall–Kier alpha value is -2.19. The minimum Gasteiger partial charge on any atom is -0.457 e. The minimum atomic E-state index is -3.85. The molecule has 1 aromatic heterocycles. The van der Waals surface area contributed by atoms with Crippen LogP contribution in [0.5, 0.6) is 6.01 Å². The van der Waals surface area contributed by atoms with Crippen LogP contribution in [0.25, 0.3) is 0 Å². The van der Waals surface area contributed by atoms with Crippen molar-refractivity contribution in [1.82, 2.24) is 9.55 Å². The van der Waals surface area contributed by atoms with Gasteiger partial charge in [-0.2, -0.15) is 13.4 Å². The van der Waals surface area contributed by atoms with Gasteiger partial charge in [0.15, 0.2) is 0 Å². The van der Waals surface area contributed by atoms with Gasteiger partial charge in [-0.1, -0.05) is 24.6 Å². The van der Waals surface area contributed by atoms with E-state index in [1.165, 1.54) is 18.2 Å². The number of hydrogen-bond acceptors (Lipinski definition) is 6. The van der Waals surface area contributed by atoms with E-state index in [9.17, 15) is 13.2 Å². The van der Waals surface area contributed by atoms with E-state index in [0.29, 0.717) is 13.0 Å². The standard InChI is InChI=1S/C16H18N2O5S/c1-3-12-8-15(19)17-16-18(12)9-13(23-16)10-22-24(20,21)14-6-4-11(2)5-7-14/h4-8,13H,3,9-10H2,1-2H3. The van der Waals surface area contributed by atoms with Crippen molar-refractivity contribution in [2.24, 2.45) is 0 Å². The molecule has 0 saturated carbocycles. The van der Waals surface area contributed by atoms with Gasteiger partial charge in [-0.3, -0.25) is 13.5 Å². The van der Waals surface area contributed by atoms with Crippen molar-refractivity contribution in [1.29, 1.82) is 0 Å². The van der Waals surface area contributed by atoms with E-state index in [0.717, 1.165) is 11.3 Å². The normalized spacial score (nSPS) is 16.7. The van der Waals surface area contributed by atoms with Gasteiger partial charge < -0.3 is 4.74 Å². The van der Waals surface area contributed by atoms with Crippen LogP contribution in [0.4, 0.5) is 0 Å². The minimum absolute atomic E-state index is 0.102. The number of aryl methyl sites for hydroxylation is 2. The van der Waals surface area contributed by atoms with Gasteiger partial charge in [0.25, 0.3) is 21.7 Å². The molecule has 0 bridgehead atoms. The molecule has 1 aromatic carbocycles. The Labute approximate surface area is 140 Å². The van der Waals surface area contributed by atoms with Crippen molar-refractivity contribution in [2.75, 3.05) is 6.61 Å². The van der Waals surface area contributed by atoms with Crippen molar-refractivity contribution in [3.63, 3.8) is 0 Å². The Morgan fingerprint density at radius 2 is 2.04 bits per heavy atom. The third-order valence-corrected chi connectivity index (χ3v) is 5.11. The van der Waals surface area contributed by atoms with Crippen molar-refractivity contribution in [3.8, 4) is 6.01 Å². The molecule has 2 aromatic rings. The first kappa shape index (κ1) is 16.7. The van der Waals surface area contributed by atoms with E-state index in [1.807, 2.05) is 13.8 Å². The summed E-state index contributed by atoms with van der Waals surface area (Å²) in [6, 6.07) is 8.09. The van der Waals surface area contributed by atoms with Gasteiger partial charge in [-0.05, 0) is 25.5 Å². The lowest BCUT2D eigenvalue weighted by Gasteiger charge is -2.10. The van der Waals surface area contributed by atoms with Crippen molar-refractivity contribution < 1.29 is 17.3 Å². The summed E-state index contributed by atoms with van der Waals surface area (Å²) in [4.78, 5) is 15.4. The molecular formula is C16H18N2O5S. The van der Waals surface area contributed by atoms with Crippen molar-refractivity contribution >= 4 is 10.1 Å². The molecule has 24 heavy (non-hydrogen) atoms. The zero-order chi connectivity index (χ0) is 17.3. The van der Waals surface area contributed by atoms with E-state index < -0.39 is 16.2 Å². The first-order chi connectivity index (χ1) is 11.4. The molecule has 0 radical (unpaired) electrons.